The maximum atomic E-state index is 9.58. The molecule has 5 nitrogen and oxygen atoms in total. The van der Waals surface area contributed by atoms with E-state index in [1.54, 1.807) is 0 Å². The van der Waals surface area contributed by atoms with E-state index in [0.29, 0.717) is 30.0 Å². The molecule has 1 fully saturated rings. The summed E-state index contributed by atoms with van der Waals surface area (Å²) in [5.41, 5.74) is 2.60. The number of nitrogens with zero attached hydrogens (tertiary/aromatic N) is 3. The molecule has 154 valence electrons. The molecule has 0 N–H and O–H groups in total. The van der Waals surface area contributed by atoms with Crippen LogP contribution in [-0.2, 0) is 6.42 Å². The number of benzene rings is 2. The maximum absolute atomic E-state index is 9.58. The summed E-state index contributed by atoms with van der Waals surface area (Å²) in [4.78, 5) is 6.60. The molecule has 1 saturated heterocycles. The van der Waals surface area contributed by atoms with Gasteiger partial charge in [-0.3, -0.25) is 0 Å². The zero-order chi connectivity index (χ0) is 20.8. The molecule has 0 atom stereocenters. The van der Waals surface area contributed by atoms with Crippen LogP contribution in [0.5, 0.6) is 5.75 Å². The Labute approximate surface area is 177 Å². The van der Waals surface area contributed by atoms with Crippen molar-refractivity contribution < 1.29 is 9.15 Å². The number of ether oxygens (including phenoxy) is 1. The van der Waals surface area contributed by atoms with Gasteiger partial charge in [-0.15, -0.1) is 0 Å². The quantitative estimate of drug-likeness (QED) is 0.526. The smallest absolute Gasteiger partial charge is 0.235 e. The highest BCUT2D eigenvalue weighted by molar-refractivity contribution is 5.60. The van der Waals surface area contributed by atoms with E-state index in [1.807, 2.05) is 24.3 Å². The first-order chi connectivity index (χ1) is 14.8. The van der Waals surface area contributed by atoms with Crippen LogP contribution in [0, 0.1) is 17.2 Å². The molecular formula is C25H27N3O2. The Hall–Kier alpha value is -3.26. The lowest BCUT2D eigenvalue weighted by molar-refractivity contribution is 0.317. The largest absolute Gasteiger partial charge is 0.494 e. The van der Waals surface area contributed by atoms with Crippen LogP contribution in [0.1, 0.15) is 37.4 Å². The van der Waals surface area contributed by atoms with Gasteiger partial charge in [0.15, 0.2) is 0 Å². The van der Waals surface area contributed by atoms with E-state index in [4.69, 9.17) is 9.15 Å². The molecule has 0 radical (unpaired) electrons. The molecule has 0 unspecified atom stereocenters. The van der Waals surface area contributed by atoms with Crippen molar-refractivity contribution in [1.29, 1.82) is 5.26 Å². The summed E-state index contributed by atoms with van der Waals surface area (Å²) in [6.07, 6.45) is 4.24. The minimum Gasteiger partial charge on any atom is -0.494 e. The molecule has 0 aliphatic carbocycles. The summed E-state index contributed by atoms with van der Waals surface area (Å²) < 4.78 is 11.7. The van der Waals surface area contributed by atoms with Gasteiger partial charge in [0.05, 0.1) is 6.61 Å². The number of nitriles is 1. The zero-order valence-electron chi connectivity index (χ0n) is 17.4. The lowest BCUT2D eigenvalue weighted by atomic mass is 9.90. The van der Waals surface area contributed by atoms with E-state index in [1.165, 1.54) is 5.56 Å². The number of rotatable bonds is 7. The minimum absolute atomic E-state index is 0.359. The second kappa shape index (κ2) is 9.49. The zero-order valence-corrected chi connectivity index (χ0v) is 17.4. The van der Waals surface area contributed by atoms with E-state index in [9.17, 15) is 5.26 Å². The van der Waals surface area contributed by atoms with Crippen molar-refractivity contribution >= 4 is 5.88 Å². The SMILES string of the molecule is CCCOc1ccc(-c2nc(C#N)c(N3CCC(Cc4ccccc4)CC3)o2)cc1. The first kappa shape index (κ1) is 20.0. The van der Waals surface area contributed by atoms with Gasteiger partial charge in [0.2, 0.25) is 17.5 Å². The average molecular weight is 402 g/mol. The van der Waals surface area contributed by atoms with E-state index in [-0.39, 0.29) is 0 Å². The Bertz CT molecular complexity index is 981. The molecule has 0 bridgehead atoms. The number of anilines is 1. The molecule has 1 aliphatic heterocycles. The monoisotopic (exact) mass is 401 g/mol. The molecular weight excluding hydrogens is 374 g/mol. The van der Waals surface area contributed by atoms with Gasteiger partial charge in [0.1, 0.15) is 11.8 Å². The topological polar surface area (TPSA) is 62.3 Å². The third-order valence-electron chi connectivity index (χ3n) is 5.56. The van der Waals surface area contributed by atoms with E-state index < -0.39 is 0 Å². The van der Waals surface area contributed by atoms with Crippen molar-refractivity contribution in [2.45, 2.75) is 32.6 Å². The van der Waals surface area contributed by atoms with Gasteiger partial charge in [0.25, 0.3) is 0 Å². The predicted molar refractivity (Wildman–Crippen MR) is 118 cm³/mol. The van der Waals surface area contributed by atoms with Gasteiger partial charge in [-0.25, -0.2) is 0 Å². The van der Waals surface area contributed by atoms with Crippen molar-refractivity contribution in [3.05, 3.63) is 65.9 Å². The molecule has 5 heteroatoms. The van der Waals surface area contributed by atoms with Gasteiger partial charge >= 0.3 is 0 Å². The fourth-order valence-electron chi connectivity index (χ4n) is 3.92. The molecule has 30 heavy (non-hydrogen) atoms. The van der Waals surface area contributed by atoms with Crippen LogP contribution < -0.4 is 9.64 Å². The minimum atomic E-state index is 0.359. The molecule has 2 heterocycles. The molecule has 4 rings (SSSR count). The van der Waals surface area contributed by atoms with Gasteiger partial charge in [0, 0.05) is 18.7 Å². The lowest BCUT2D eigenvalue weighted by Gasteiger charge is -2.31. The molecule has 0 saturated carbocycles. The van der Waals surface area contributed by atoms with Crippen LogP contribution >= 0.6 is 0 Å². The van der Waals surface area contributed by atoms with Crippen LogP contribution in [0.25, 0.3) is 11.5 Å². The van der Waals surface area contributed by atoms with Crippen LogP contribution in [0.3, 0.4) is 0 Å². The summed E-state index contributed by atoms with van der Waals surface area (Å²) in [5.74, 6) is 2.56. The second-order valence-corrected chi connectivity index (χ2v) is 7.78. The molecule has 0 spiro atoms. The first-order valence-corrected chi connectivity index (χ1v) is 10.7. The Balaban J connectivity index is 1.43. The van der Waals surface area contributed by atoms with Crippen molar-refractivity contribution in [1.82, 2.24) is 4.98 Å². The number of aromatic nitrogens is 1. The highest BCUT2D eigenvalue weighted by atomic mass is 16.5. The van der Waals surface area contributed by atoms with E-state index in [2.05, 4.69) is 53.2 Å². The number of hydrogen-bond donors (Lipinski definition) is 0. The fourth-order valence-corrected chi connectivity index (χ4v) is 3.92. The normalized spacial score (nSPS) is 14.5. The predicted octanol–water partition coefficient (Wildman–Crippen LogP) is 5.46. The molecule has 3 aromatic rings. The van der Waals surface area contributed by atoms with Gasteiger partial charge in [-0.05, 0) is 61.4 Å². The lowest BCUT2D eigenvalue weighted by Crippen LogP contribution is -2.34. The Kier molecular flexibility index (Phi) is 6.34. The van der Waals surface area contributed by atoms with Crippen molar-refractivity contribution in [2.75, 3.05) is 24.6 Å². The third-order valence-corrected chi connectivity index (χ3v) is 5.56. The molecule has 0 amide bonds. The highest BCUT2D eigenvalue weighted by Gasteiger charge is 2.25. The molecule has 1 aromatic heterocycles. The van der Waals surface area contributed by atoms with Crippen molar-refractivity contribution in [3.8, 4) is 23.3 Å². The van der Waals surface area contributed by atoms with Crippen molar-refractivity contribution in [2.24, 2.45) is 5.92 Å². The van der Waals surface area contributed by atoms with Gasteiger partial charge in [-0.2, -0.15) is 10.2 Å². The highest BCUT2D eigenvalue weighted by Crippen LogP contribution is 2.32. The van der Waals surface area contributed by atoms with Gasteiger partial charge in [-0.1, -0.05) is 37.3 Å². The van der Waals surface area contributed by atoms with Crippen LogP contribution in [0.15, 0.2) is 59.0 Å². The summed E-state index contributed by atoms with van der Waals surface area (Å²) in [6.45, 7) is 4.53. The molecule has 2 aromatic carbocycles. The van der Waals surface area contributed by atoms with Crippen LogP contribution in [-0.4, -0.2) is 24.7 Å². The summed E-state index contributed by atoms with van der Waals surface area (Å²) >= 11 is 0. The average Bonchev–Trinajstić information content (AvgIpc) is 3.24. The van der Waals surface area contributed by atoms with E-state index >= 15 is 0 Å². The summed E-state index contributed by atoms with van der Waals surface area (Å²) in [5, 5.41) is 9.58. The molecule has 1 aliphatic rings. The van der Waals surface area contributed by atoms with E-state index in [0.717, 1.165) is 50.1 Å². The Morgan fingerprint density at radius 1 is 1.10 bits per heavy atom. The Morgan fingerprint density at radius 3 is 2.50 bits per heavy atom. The third kappa shape index (κ3) is 4.65. The maximum Gasteiger partial charge on any atom is 0.235 e. The van der Waals surface area contributed by atoms with Crippen LogP contribution in [0.2, 0.25) is 0 Å². The van der Waals surface area contributed by atoms with Gasteiger partial charge < -0.3 is 14.1 Å². The first-order valence-electron chi connectivity index (χ1n) is 10.7. The standard InChI is InChI=1S/C25H27N3O2/c1-2-16-29-22-10-8-21(9-11-22)24-27-23(18-26)25(30-24)28-14-12-20(13-15-28)17-19-6-4-3-5-7-19/h3-11,20H,2,12-17H2,1H3. The van der Waals surface area contributed by atoms with Crippen molar-refractivity contribution in [3.63, 3.8) is 0 Å². The number of piperidine rings is 1. The number of hydrogen-bond acceptors (Lipinski definition) is 5. The summed E-state index contributed by atoms with van der Waals surface area (Å²) in [7, 11) is 0. The summed E-state index contributed by atoms with van der Waals surface area (Å²) in [6, 6.07) is 20.5. The Morgan fingerprint density at radius 2 is 1.83 bits per heavy atom. The van der Waals surface area contributed by atoms with Crippen LogP contribution in [0.4, 0.5) is 5.88 Å². The number of oxazole rings is 1. The fraction of sp³-hybridized carbons (Fsp3) is 0.360. The second-order valence-electron chi connectivity index (χ2n) is 7.78.